The third kappa shape index (κ3) is 14.4. The first kappa shape index (κ1) is 36.9. The van der Waals surface area contributed by atoms with Crippen LogP contribution in [0.4, 0.5) is 0 Å². The lowest BCUT2D eigenvalue weighted by atomic mass is 10.1. The zero-order chi connectivity index (χ0) is 34.2. The molecule has 0 radical (unpaired) electrons. The van der Waals surface area contributed by atoms with Crippen LogP contribution in [0.2, 0.25) is 0 Å². The zero-order valence-electron chi connectivity index (χ0n) is 28.0. The van der Waals surface area contributed by atoms with Crippen LogP contribution >= 0.6 is 0 Å². The number of aromatic nitrogens is 3. The summed E-state index contributed by atoms with van der Waals surface area (Å²) in [6.45, 7) is 16.8. The third-order valence-corrected chi connectivity index (χ3v) is 5.69. The smallest absolute Gasteiger partial charge is 0.329 e. The third-order valence-electron chi connectivity index (χ3n) is 5.69. The molecular weight excluding hydrogens is 582 g/mol. The van der Waals surface area contributed by atoms with Crippen molar-refractivity contribution in [3.63, 3.8) is 0 Å². The molecule has 0 aliphatic carbocycles. The first-order chi connectivity index (χ1) is 20.6. The van der Waals surface area contributed by atoms with Gasteiger partial charge in [0.2, 0.25) is 11.8 Å². The highest BCUT2D eigenvalue weighted by molar-refractivity contribution is 5.91. The maximum atomic E-state index is 13.2. The summed E-state index contributed by atoms with van der Waals surface area (Å²) in [4.78, 5) is 64.5. The summed E-state index contributed by atoms with van der Waals surface area (Å²) in [6, 6.07) is 5.04. The normalized spacial score (nSPS) is 13.3. The van der Waals surface area contributed by atoms with Gasteiger partial charge in [0, 0.05) is 12.0 Å². The standard InChI is InChI=1S/C32H47N5O8/c1-20-11-13-21(14-12-20)24-18-37(36-35-24)19-26(39)34-23(29(42)45-32(8,9)10)17-25(38)33-22(28(41)44-31(5,6)7)15-16-27(40)43-30(2,3)4/h11-14,18,22-23H,15-17,19H2,1-10H3,(H,33,38)(H,34,39). The first-order valence-corrected chi connectivity index (χ1v) is 14.8. The topological polar surface area (TPSA) is 168 Å². The van der Waals surface area contributed by atoms with Gasteiger partial charge in [-0.25, -0.2) is 14.3 Å². The molecule has 248 valence electrons. The van der Waals surface area contributed by atoms with Crippen molar-refractivity contribution in [3.8, 4) is 11.3 Å². The van der Waals surface area contributed by atoms with Crippen molar-refractivity contribution in [1.82, 2.24) is 25.6 Å². The second-order valence-electron chi connectivity index (χ2n) is 13.8. The second kappa shape index (κ2) is 15.1. The lowest BCUT2D eigenvalue weighted by Crippen LogP contribution is -2.50. The van der Waals surface area contributed by atoms with Gasteiger partial charge in [-0.1, -0.05) is 35.0 Å². The molecule has 1 aromatic carbocycles. The number of carbonyl (C=O) groups is 5. The summed E-state index contributed by atoms with van der Waals surface area (Å²) in [5, 5.41) is 13.2. The molecule has 2 unspecified atom stereocenters. The number of benzene rings is 1. The Kier molecular flexibility index (Phi) is 12.4. The summed E-state index contributed by atoms with van der Waals surface area (Å²) < 4.78 is 17.5. The van der Waals surface area contributed by atoms with Crippen molar-refractivity contribution in [2.24, 2.45) is 0 Å². The minimum absolute atomic E-state index is 0.103. The average molecular weight is 630 g/mol. The van der Waals surface area contributed by atoms with Gasteiger partial charge >= 0.3 is 17.9 Å². The van der Waals surface area contributed by atoms with E-state index in [1.165, 1.54) is 4.68 Å². The van der Waals surface area contributed by atoms with E-state index < -0.39 is 65.0 Å². The number of nitrogens with one attached hydrogen (secondary N) is 2. The molecule has 0 aliphatic rings. The molecule has 13 heteroatoms. The number of nitrogens with zero attached hydrogens (tertiary/aromatic N) is 3. The maximum absolute atomic E-state index is 13.2. The average Bonchev–Trinajstić information content (AvgIpc) is 3.31. The molecule has 1 heterocycles. The quantitative estimate of drug-likeness (QED) is 0.262. The number of carbonyl (C=O) groups excluding carboxylic acids is 5. The van der Waals surface area contributed by atoms with Crippen molar-refractivity contribution in [2.75, 3.05) is 0 Å². The monoisotopic (exact) mass is 629 g/mol. The molecule has 0 aliphatic heterocycles. The van der Waals surface area contributed by atoms with E-state index in [1.807, 2.05) is 31.2 Å². The predicted octanol–water partition coefficient (Wildman–Crippen LogP) is 3.42. The van der Waals surface area contributed by atoms with E-state index in [9.17, 15) is 24.0 Å². The number of ether oxygens (including phenoxy) is 3. The second-order valence-corrected chi connectivity index (χ2v) is 13.8. The molecule has 2 atom stereocenters. The van der Waals surface area contributed by atoms with Gasteiger partial charge in [-0.15, -0.1) is 5.10 Å². The molecule has 0 fully saturated rings. The van der Waals surface area contributed by atoms with Crippen LogP contribution < -0.4 is 10.6 Å². The van der Waals surface area contributed by atoms with E-state index in [-0.39, 0.29) is 19.4 Å². The van der Waals surface area contributed by atoms with Crippen molar-refractivity contribution in [2.45, 2.75) is 124 Å². The number of aryl methyl sites for hydroxylation is 1. The molecule has 2 rings (SSSR count). The van der Waals surface area contributed by atoms with Gasteiger partial charge in [0.1, 0.15) is 41.1 Å². The number of hydrogen-bond acceptors (Lipinski definition) is 10. The highest BCUT2D eigenvalue weighted by Crippen LogP contribution is 2.17. The van der Waals surface area contributed by atoms with Gasteiger partial charge in [-0.2, -0.15) is 0 Å². The van der Waals surface area contributed by atoms with Crippen LogP contribution in [0.3, 0.4) is 0 Å². The predicted molar refractivity (Wildman–Crippen MR) is 165 cm³/mol. The Bertz CT molecular complexity index is 1350. The Morgan fingerprint density at radius 3 is 1.80 bits per heavy atom. The minimum atomic E-state index is -1.39. The number of amides is 2. The largest absolute Gasteiger partial charge is 0.460 e. The first-order valence-electron chi connectivity index (χ1n) is 14.8. The summed E-state index contributed by atoms with van der Waals surface area (Å²) in [5.41, 5.74) is -0.0255. The molecule has 2 aromatic rings. The van der Waals surface area contributed by atoms with E-state index in [4.69, 9.17) is 14.2 Å². The van der Waals surface area contributed by atoms with Gasteiger partial charge < -0.3 is 24.8 Å². The molecule has 1 aromatic heterocycles. The van der Waals surface area contributed by atoms with Gasteiger partial charge in [0.15, 0.2) is 0 Å². The van der Waals surface area contributed by atoms with E-state index in [1.54, 1.807) is 68.5 Å². The molecule has 0 bridgehead atoms. The van der Waals surface area contributed by atoms with Crippen molar-refractivity contribution >= 4 is 29.7 Å². The molecule has 2 N–H and O–H groups in total. The molecule has 2 amide bonds. The lowest BCUT2D eigenvalue weighted by Gasteiger charge is -2.26. The fourth-order valence-electron chi connectivity index (χ4n) is 3.90. The number of hydrogen-bond donors (Lipinski definition) is 2. The van der Waals surface area contributed by atoms with Crippen LogP contribution in [0.1, 0.15) is 87.1 Å². The Balaban J connectivity index is 2.16. The van der Waals surface area contributed by atoms with E-state index in [2.05, 4.69) is 20.9 Å². The number of rotatable bonds is 12. The summed E-state index contributed by atoms with van der Waals surface area (Å²) in [5.74, 6) is -3.51. The zero-order valence-corrected chi connectivity index (χ0v) is 28.0. The van der Waals surface area contributed by atoms with Crippen LogP contribution in [-0.4, -0.2) is 73.6 Å². The highest BCUT2D eigenvalue weighted by Gasteiger charge is 2.32. The molecule has 45 heavy (non-hydrogen) atoms. The molecule has 0 saturated carbocycles. The maximum Gasteiger partial charge on any atom is 0.329 e. The van der Waals surface area contributed by atoms with Crippen LogP contribution in [0.5, 0.6) is 0 Å². The lowest BCUT2D eigenvalue weighted by molar-refractivity contribution is -0.160. The van der Waals surface area contributed by atoms with Crippen LogP contribution in [-0.2, 0) is 44.7 Å². The molecule has 0 saturated heterocycles. The van der Waals surface area contributed by atoms with Crippen LogP contribution in [0.15, 0.2) is 30.5 Å². The van der Waals surface area contributed by atoms with Gasteiger partial charge in [-0.05, 0) is 75.7 Å². The summed E-state index contributed by atoms with van der Waals surface area (Å²) >= 11 is 0. The van der Waals surface area contributed by atoms with Crippen LogP contribution in [0, 0.1) is 6.92 Å². The Hall–Kier alpha value is -4.29. The summed E-state index contributed by atoms with van der Waals surface area (Å²) in [7, 11) is 0. The van der Waals surface area contributed by atoms with Gasteiger partial charge in [0.05, 0.1) is 12.6 Å². The fourth-order valence-corrected chi connectivity index (χ4v) is 3.90. The highest BCUT2D eigenvalue weighted by atomic mass is 16.6. The van der Waals surface area contributed by atoms with E-state index >= 15 is 0 Å². The van der Waals surface area contributed by atoms with Gasteiger partial charge in [0.25, 0.3) is 0 Å². The minimum Gasteiger partial charge on any atom is -0.460 e. The molecule has 13 nitrogen and oxygen atoms in total. The van der Waals surface area contributed by atoms with Gasteiger partial charge in [-0.3, -0.25) is 14.4 Å². The van der Waals surface area contributed by atoms with E-state index in [0.29, 0.717) is 5.69 Å². The van der Waals surface area contributed by atoms with Crippen molar-refractivity contribution in [1.29, 1.82) is 0 Å². The molecule has 0 spiro atoms. The van der Waals surface area contributed by atoms with E-state index in [0.717, 1.165) is 11.1 Å². The van der Waals surface area contributed by atoms with Crippen molar-refractivity contribution < 1.29 is 38.2 Å². The SMILES string of the molecule is Cc1ccc(-c2cn(CC(=O)NC(CC(=O)NC(CCC(=O)OC(C)(C)C)C(=O)OC(C)(C)C)C(=O)OC(C)(C)C)nn2)cc1. The Labute approximate surface area is 264 Å². The fraction of sp³-hybridized carbons (Fsp3) is 0.594. The van der Waals surface area contributed by atoms with Crippen molar-refractivity contribution in [3.05, 3.63) is 36.0 Å². The Morgan fingerprint density at radius 2 is 1.27 bits per heavy atom. The molecular formula is C32H47N5O8. The van der Waals surface area contributed by atoms with Crippen LogP contribution in [0.25, 0.3) is 11.3 Å². The number of esters is 3. The Morgan fingerprint density at radius 1 is 0.756 bits per heavy atom. The summed E-state index contributed by atoms with van der Waals surface area (Å²) in [6.07, 6.45) is 0.777.